The lowest BCUT2D eigenvalue weighted by Gasteiger charge is -1.99. The maximum absolute atomic E-state index is 13.2. The average molecular weight is 180 g/mol. The molecule has 0 bridgehead atoms. The first kappa shape index (κ1) is 9.71. The van der Waals surface area contributed by atoms with Crippen molar-refractivity contribution < 1.29 is 4.39 Å². The molecule has 70 valence electrons. The third kappa shape index (κ3) is 2.54. The quantitative estimate of drug-likeness (QED) is 0.551. The van der Waals surface area contributed by atoms with E-state index >= 15 is 0 Å². The van der Waals surface area contributed by atoms with Gasteiger partial charge in [0.05, 0.1) is 5.84 Å². The van der Waals surface area contributed by atoms with E-state index in [0.717, 1.165) is 5.56 Å². The molecule has 2 nitrogen and oxygen atoms in total. The summed E-state index contributed by atoms with van der Waals surface area (Å²) in [5.74, 6) is 0.124. The summed E-state index contributed by atoms with van der Waals surface area (Å²) in [5, 5.41) is 0. The smallest absolute Gasteiger partial charge is 0.149 e. The largest absolute Gasteiger partial charge is 0.387 e. The van der Waals surface area contributed by atoms with Crippen molar-refractivity contribution in [2.45, 2.75) is 20.3 Å². The van der Waals surface area contributed by atoms with Gasteiger partial charge in [-0.15, -0.1) is 0 Å². The molecule has 0 spiro atoms. The van der Waals surface area contributed by atoms with Crippen molar-refractivity contribution in [2.24, 2.45) is 10.7 Å². The summed E-state index contributed by atoms with van der Waals surface area (Å²) in [6.07, 6.45) is 0.632. The predicted octanol–water partition coefficient (Wildman–Crippen LogP) is 2.53. The fraction of sp³-hybridized carbons (Fsp3) is 0.300. The highest BCUT2D eigenvalue weighted by atomic mass is 19.1. The Morgan fingerprint density at radius 3 is 2.77 bits per heavy atom. The van der Waals surface area contributed by atoms with Crippen LogP contribution in [0.1, 0.15) is 18.9 Å². The molecule has 3 heteroatoms. The fourth-order valence-electron chi connectivity index (χ4n) is 0.936. The summed E-state index contributed by atoms with van der Waals surface area (Å²) in [5.41, 5.74) is 6.69. The highest BCUT2D eigenvalue weighted by Crippen LogP contribution is 2.18. The summed E-state index contributed by atoms with van der Waals surface area (Å²) >= 11 is 0. The van der Waals surface area contributed by atoms with Gasteiger partial charge in [-0.25, -0.2) is 9.38 Å². The number of amidine groups is 1. The zero-order valence-corrected chi connectivity index (χ0v) is 7.84. The molecule has 0 heterocycles. The second-order valence-electron chi connectivity index (χ2n) is 2.91. The van der Waals surface area contributed by atoms with E-state index in [0.29, 0.717) is 17.9 Å². The minimum absolute atomic E-state index is 0.310. The van der Waals surface area contributed by atoms with E-state index < -0.39 is 0 Å². The van der Waals surface area contributed by atoms with E-state index in [1.165, 1.54) is 6.07 Å². The van der Waals surface area contributed by atoms with Gasteiger partial charge in [-0.05, 0) is 24.6 Å². The lowest BCUT2D eigenvalue weighted by molar-refractivity contribution is 0.628. The van der Waals surface area contributed by atoms with Crippen molar-refractivity contribution in [3.05, 3.63) is 29.6 Å². The first-order chi connectivity index (χ1) is 6.13. The fourth-order valence-corrected chi connectivity index (χ4v) is 0.936. The molecule has 0 aliphatic rings. The Kier molecular flexibility index (Phi) is 3.01. The van der Waals surface area contributed by atoms with Crippen LogP contribution in [0.25, 0.3) is 0 Å². The van der Waals surface area contributed by atoms with Gasteiger partial charge >= 0.3 is 0 Å². The maximum Gasteiger partial charge on any atom is 0.149 e. The zero-order valence-electron chi connectivity index (χ0n) is 7.84. The highest BCUT2D eigenvalue weighted by molar-refractivity contribution is 5.82. The molecule has 0 atom stereocenters. The van der Waals surface area contributed by atoms with Crippen LogP contribution < -0.4 is 5.73 Å². The normalized spacial score (nSPS) is 11.8. The number of nitrogens with two attached hydrogens (primary N) is 1. The minimum atomic E-state index is -0.323. The number of aliphatic imine (C=N–C) groups is 1. The molecule has 13 heavy (non-hydrogen) atoms. The second-order valence-corrected chi connectivity index (χ2v) is 2.91. The van der Waals surface area contributed by atoms with Gasteiger partial charge in [0.15, 0.2) is 0 Å². The monoisotopic (exact) mass is 180 g/mol. The molecule has 1 aromatic carbocycles. The zero-order chi connectivity index (χ0) is 9.84. The third-order valence-corrected chi connectivity index (χ3v) is 1.73. The van der Waals surface area contributed by atoms with Crippen LogP contribution in [0.2, 0.25) is 0 Å². The average Bonchev–Trinajstić information content (AvgIpc) is 2.09. The van der Waals surface area contributed by atoms with Crippen molar-refractivity contribution >= 4 is 11.5 Å². The molecule has 0 unspecified atom stereocenters. The van der Waals surface area contributed by atoms with Gasteiger partial charge in [-0.3, -0.25) is 0 Å². The summed E-state index contributed by atoms with van der Waals surface area (Å²) in [7, 11) is 0. The Labute approximate surface area is 77.3 Å². The molecule has 0 radical (unpaired) electrons. The number of nitrogens with zero attached hydrogens (tertiary/aromatic N) is 1. The second kappa shape index (κ2) is 4.03. The van der Waals surface area contributed by atoms with Crippen LogP contribution in [0.3, 0.4) is 0 Å². The Balaban J connectivity index is 3.03. The van der Waals surface area contributed by atoms with E-state index in [1.54, 1.807) is 6.07 Å². The van der Waals surface area contributed by atoms with Crippen molar-refractivity contribution in [3.63, 3.8) is 0 Å². The van der Waals surface area contributed by atoms with Crippen LogP contribution in [0.5, 0.6) is 0 Å². The molecule has 1 aromatic rings. The van der Waals surface area contributed by atoms with Gasteiger partial charge in [0.1, 0.15) is 11.5 Å². The van der Waals surface area contributed by atoms with Gasteiger partial charge in [-0.2, -0.15) is 0 Å². The summed E-state index contributed by atoms with van der Waals surface area (Å²) in [4.78, 5) is 3.94. The molecular weight excluding hydrogens is 167 g/mol. The SMILES string of the molecule is CCC(N)=Nc1ccc(C)cc1F. The predicted molar refractivity (Wildman–Crippen MR) is 52.7 cm³/mol. The van der Waals surface area contributed by atoms with Gasteiger partial charge in [0, 0.05) is 6.42 Å². The summed E-state index contributed by atoms with van der Waals surface area (Å²) < 4.78 is 13.2. The number of hydrogen-bond acceptors (Lipinski definition) is 1. The number of rotatable bonds is 2. The van der Waals surface area contributed by atoms with Crippen LogP contribution in [0.15, 0.2) is 23.2 Å². The van der Waals surface area contributed by atoms with E-state index in [2.05, 4.69) is 4.99 Å². The van der Waals surface area contributed by atoms with Gasteiger partial charge in [-0.1, -0.05) is 13.0 Å². The molecule has 0 saturated heterocycles. The van der Waals surface area contributed by atoms with Crippen LogP contribution in [0, 0.1) is 12.7 Å². The van der Waals surface area contributed by atoms with E-state index in [1.807, 2.05) is 19.9 Å². The molecule has 0 fully saturated rings. The first-order valence-corrected chi connectivity index (χ1v) is 4.22. The molecule has 2 N–H and O–H groups in total. The lowest BCUT2D eigenvalue weighted by atomic mass is 10.2. The molecule has 0 amide bonds. The van der Waals surface area contributed by atoms with Crippen LogP contribution in [-0.2, 0) is 0 Å². The Hall–Kier alpha value is -1.38. The lowest BCUT2D eigenvalue weighted by Crippen LogP contribution is -2.08. The molecular formula is C10H13FN2. The highest BCUT2D eigenvalue weighted by Gasteiger charge is 2.00. The molecule has 0 aromatic heterocycles. The maximum atomic E-state index is 13.2. The number of aryl methyl sites for hydroxylation is 1. The molecule has 0 aliphatic heterocycles. The Morgan fingerprint density at radius 1 is 1.54 bits per heavy atom. The van der Waals surface area contributed by atoms with E-state index in [4.69, 9.17) is 5.73 Å². The van der Waals surface area contributed by atoms with E-state index in [9.17, 15) is 4.39 Å². The Bertz CT molecular complexity index is 332. The molecule has 1 rings (SSSR count). The van der Waals surface area contributed by atoms with Crippen LogP contribution in [0.4, 0.5) is 10.1 Å². The van der Waals surface area contributed by atoms with Crippen molar-refractivity contribution in [1.29, 1.82) is 0 Å². The van der Waals surface area contributed by atoms with Gasteiger partial charge < -0.3 is 5.73 Å². The van der Waals surface area contributed by atoms with Crippen molar-refractivity contribution in [3.8, 4) is 0 Å². The number of benzene rings is 1. The molecule has 0 aliphatic carbocycles. The topological polar surface area (TPSA) is 38.4 Å². The molecule has 0 saturated carbocycles. The third-order valence-electron chi connectivity index (χ3n) is 1.73. The Morgan fingerprint density at radius 2 is 2.23 bits per heavy atom. The number of hydrogen-bond donors (Lipinski definition) is 1. The van der Waals surface area contributed by atoms with Crippen molar-refractivity contribution in [1.82, 2.24) is 0 Å². The van der Waals surface area contributed by atoms with Crippen LogP contribution in [-0.4, -0.2) is 5.84 Å². The van der Waals surface area contributed by atoms with Gasteiger partial charge in [0.25, 0.3) is 0 Å². The number of halogens is 1. The van der Waals surface area contributed by atoms with Crippen molar-refractivity contribution in [2.75, 3.05) is 0 Å². The summed E-state index contributed by atoms with van der Waals surface area (Å²) in [6.45, 7) is 3.71. The standard InChI is InChI=1S/C10H13FN2/c1-3-10(12)13-9-5-4-7(2)6-8(9)11/h4-6H,3H2,1-2H3,(H2,12,13). The van der Waals surface area contributed by atoms with E-state index in [-0.39, 0.29) is 5.82 Å². The van der Waals surface area contributed by atoms with Gasteiger partial charge in [0.2, 0.25) is 0 Å². The van der Waals surface area contributed by atoms with Crippen LogP contribution >= 0.6 is 0 Å². The minimum Gasteiger partial charge on any atom is -0.387 e. The first-order valence-electron chi connectivity index (χ1n) is 4.22. The summed E-state index contributed by atoms with van der Waals surface area (Å²) in [6, 6.07) is 4.89.